The van der Waals surface area contributed by atoms with Gasteiger partial charge in [-0.25, -0.2) is 0 Å². The van der Waals surface area contributed by atoms with Crippen LogP contribution in [0.4, 0.5) is 0 Å². The Bertz CT molecular complexity index is 192. The van der Waals surface area contributed by atoms with Gasteiger partial charge in [0.05, 0.1) is 26.2 Å². The SMILES string of the molecule is CCCCCC[N+](CCCC)(CCCO)CCCCC.[I-]. The van der Waals surface area contributed by atoms with E-state index < -0.39 is 0 Å². The fraction of sp³-hybridized carbons (Fsp3) is 1.00. The molecular formula is C18H40INO. The van der Waals surface area contributed by atoms with Gasteiger partial charge >= 0.3 is 0 Å². The quantitative estimate of drug-likeness (QED) is 0.247. The molecule has 0 spiro atoms. The molecule has 1 unspecified atom stereocenters. The third-order valence-corrected chi connectivity index (χ3v) is 4.50. The van der Waals surface area contributed by atoms with Crippen LogP contribution >= 0.6 is 0 Å². The number of nitrogens with zero attached hydrogens (tertiary/aromatic N) is 1. The number of hydrogen-bond acceptors (Lipinski definition) is 1. The predicted molar refractivity (Wildman–Crippen MR) is 90.0 cm³/mol. The Morgan fingerprint density at radius 1 is 0.571 bits per heavy atom. The molecule has 0 aliphatic carbocycles. The smallest absolute Gasteiger partial charge is 0.0808 e. The van der Waals surface area contributed by atoms with Gasteiger partial charge in [-0.15, -0.1) is 0 Å². The largest absolute Gasteiger partial charge is 1.00 e. The maximum Gasteiger partial charge on any atom is 0.0808 e. The molecule has 0 aromatic heterocycles. The second-order valence-corrected chi connectivity index (χ2v) is 6.43. The molecule has 1 N–H and O–H groups in total. The van der Waals surface area contributed by atoms with Crippen molar-refractivity contribution in [3.05, 3.63) is 0 Å². The molecule has 0 aromatic rings. The normalized spacial score (nSPS) is 13.7. The summed E-state index contributed by atoms with van der Waals surface area (Å²) in [6.45, 7) is 12.4. The van der Waals surface area contributed by atoms with Crippen LogP contribution in [-0.2, 0) is 0 Å². The van der Waals surface area contributed by atoms with Crippen molar-refractivity contribution in [2.75, 3.05) is 32.8 Å². The Labute approximate surface area is 151 Å². The van der Waals surface area contributed by atoms with E-state index in [4.69, 9.17) is 0 Å². The van der Waals surface area contributed by atoms with Crippen LogP contribution in [-0.4, -0.2) is 42.4 Å². The van der Waals surface area contributed by atoms with Gasteiger partial charge in [-0.2, -0.15) is 0 Å². The molecule has 0 aliphatic heterocycles. The van der Waals surface area contributed by atoms with E-state index in [-0.39, 0.29) is 24.0 Å². The van der Waals surface area contributed by atoms with Crippen LogP contribution < -0.4 is 24.0 Å². The van der Waals surface area contributed by atoms with Gasteiger partial charge in [0, 0.05) is 13.0 Å². The summed E-state index contributed by atoms with van der Waals surface area (Å²) in [5.74, 6) is 0. The lowest BCUT2D eigenvalue weighted by Crippen LogP contribution is -3.00. The van der Waals surface area contributed by atoms with E-state index in [0.717, 1.165) is 6.42 Å². The second-order valence-electron chi connectivity index (χ2n) is 6.43. The molecule has 0 heterocycles. The molecule has 0 rings (SSSR count). The van der Waals surface area contributed by atoms with Crippen LogP contribution in [0.5, 0.6) is 0 Å². The summed E-state index contributed by atoms with van der Waals surface area (Å²) in [6, 6.07) is 0. The highest BCUT2D eigenvalue weighted by molar-refractivity contribution is 4.51. The third-order valence-electron chi connectivity index (χ3n) is 4.50. The molecule has 0 saturated carbocycles. The van der Waals surface area contributed by atoms with E-state index >= 15 is 0 Å². The van der Waals surface area contributed by atoms with E-state index in [1.165, 1.54) is 88.4 Å². The molecule has 0 radical (unpaired) electrons. The number of quaternary nitrogens is 1. The molecule has 3 heteroatoms. The first-order valence-electron chi connectivity index (χ1n) is 9.20. The number of hydrogen-bond donors (Lipinski definition) is 1. The van der Waals surface area contributed by atoms with Gasteiger partial charge in [0.25, 0.3) is 0 Å². The highest BCUT2D eigenvalue weighted by Gasteiger charge is 2.25. The first-order valence-corrected chi connectivity index (χ1v) is 9.20. The molecule has 21 heavy (non-hydrogen) atoms. The van der Waals surface area contributed by atoms with Crippen LogP contribution in [0.3, 0.4) is 0 Å². The van der Waals surface area contributed by atoms with E-state index in [1.54, 1.807) is 0 Å². The van der Waals surface area contributed by atoms with Crippen molar-refractivity contribution >= 4 is 0 Å². The van der Waals surface area contributed by atoms with Crippen molar-refractivity contribution < 1.29 is 33.6 Å². The van der Waals surface area contributed by atoms with Gasteiger partial charge < -0.3 is 33.6 Å². The zero-order valence-electron chi connectivity index (χ0n) is 14.9. The fourth-order valence-electron chi connectivity index (χ4n) is 3.14. The lowest BCUT2D eigenvalue weighted by molar-refractivity contribution is -0.929. The van der Waals surface area contributed by atoms with Crippen molar-refractivity contribution in [3.63, 3.8) is 0 Å². The van der Waals surface area contributed by atoms with E-state index in [1.807, 2.05) is 0 Å². The van der Waals surface area contributed by atoms with Crippen molar-refractivity contribution in [1.29, 1.82) is 0 Å². The standard InChI is InChI=1S/C18H40NO.HI/c1-4-7-10-12-16-19(14-9-6-3,17-13-18-20)15-11-8-5-2;/h20H,4-18H2,1-3H3;1H/q+1;/p-1. The van der Waals surface area contributed by atoms with Crippen LogP contribution in [0.15, 0.2) is 0 Å². The van der Waals surface area contributed by atoms with Crippen molar-refractivity contribution in [1.82, 2.24) is 0 Å². The molecule has 0 aromatic carbocycles. The molecule has 0 saturated heterocycles. The first-order chi connectivity index (χ1) is 9.74. The Morgan fingerprint density at radius 2 is 1.00 bits per heavy atom. The van der Waals surface area contributed by atoms with Gasteiger partial charge in [0.2, 0.25) is 0 Å². The maximum atomic E-state index is 9.23. The zero-order chi connectivity index (χ0) is 15.1. The van der Waals surface area contributed by atoms with Crippen LogP contribution in [0.1, 0.15) is 85.0 Å². The maximum absolute atomic E-state index is 9.23. The van der Waals surface area contributed by atoms with Crippen molar-refractivity contribution in [3.8, 4) is 0 Å². The summed E-state index contributed by atoms with van der Waals surface area (Å²) < 4.78 is 1.28. The van der Waals surface area contributed by atoms with E-state index in [9.17, 15) is 5.11 Å². The van der Waals surface area contributed by atoms with Gasteiger partial charge in [-0.3, -0.25) is 0 Å². The lowest BCUT2D eigenvalue weighted by atomic mass is 10.1. The van der Waals surface area contributed by atoms with Gasteiger partial charge in [0.15, 0.2) is 0 Å². The van der Waals surface area contributed by atoms with Crippen LogP contribution in [0.25, 0.3) is 0 Å². The summed E-state index contributed by atoms with van der Waals surface area (Å²) in [5.41, 5.74) is 0. The number of aliphatic hydroxyl groups is 1. The number of aliphatic hydroxyl groups excluding tert-OH is 1. The summed E-state index contributed by atoms with van der Waals surface area (Å²) in [6.07, 6.45) is 13.1. The average Bonchev–Trinajstić information content (AvgIpc) is 2.47. The third kappa shape index (κ3) is 12.8. The minimum atomic E-state index is 0. The molecule has 2 nitrogen and oxygen atoms in total. The van der Waals surface area contributed by atoms with Crippen molar-refractivity contribution in [2.24, 2.45) is 0 Å². The number of halogens is 1. The monoisotopic (exact) mass is 413 g/mol. The molecule has 0 fully saturated rings. The van der Waals surface area contributed by atoms with Gasteiger partial charge in [-0.1, -0.05) is 46.5 Å². The fourth-order valence-corrected chi connectivity index (χ4v) is 3.14. The minimum Gasteiger partial charge on any atom is -1.00 e. The summed E-state index contributed by atoms with van der Waals surface area (Å²) in [5, 5.41) is 9.23. The Balaban J connectivity index is 0. The minimum absolute atomic E-state index is 0. The Morgan fingerprint density at radius 3 is 1.52 bits per heavy atom. The highest BCUT2D eigenvalue weighted by Crippen LogP contribution is 2.17. The average molecular weight is 413 g/mol. The Hall–Kier alpha value is 0.650. The Kier molecular flexibility index (Phi) is 19.4. The summed E-state index contributed by atoms with van der Waals surface area (Å²) in [4.78, 5) is 0. The lowest BCUT2D eigenvalue weighted by Gasteiger charge is -2.39. The second kappa shape index (κ2) is 17.0. The molecular weight excluding hydrogens is 373 g/mol. The highest BCUT2D eigenvalue weighted by atomic mass is 127. The molecule has 130 valence electrons. The van der Waals surface area contributed by atoms with Crippen molar-refractivity contribution in [2.45, 2.75) is 85.0 Å². The topological polar surface area (TPSA) is 20.2 Å². The zero-order valence-corrected chi connectivity index (χ0v) is 17.0. The van der Waals surface area contributed by atoms with Crippen LogP contribution in [0, 0.1) is 0 Å². The molecule has 0 bridgehead atoms. The molecule has 1 atom stereocenters. The van der Waals surface area contributed by atoms with E-state index in [2.05, 4.69) is 20.8 Å². The van der Waals surface area contributed by atoms with Crippen LogP contribution in [0.2, 0.25) is 0 Å². The summed E-state index contributed by atoms with van der Waals surface area (Å²) in [7, 11) is 0. The van der Waals surface area contributed by atoms with Gasteiger partial charge in [0.1, 0.15) is 0 Å². The first kappa shape index (κ1) is 23.9. The molecule has 0 aliphatic rings. The van der Waals surface area contributed by atoms with E-state index in [0.29, 0.717) is 6.61 Å². The van der Waals surface area contributed by atoms with Gasteiger partial charge in [-0.05, 0) is 32.1 Å². The number of unbranched alkanes of at least 4 members (excludes halogenated alkanes) is 6. The number of rotatable bonds is 15. The predicted octanol–water partition coefficient (Wildman–Crippen LogP) is 1.76. The molecule has 0 amide bonds. The summed E-state index contributed by atoms with van der Waals surface area (Å²) >= 11 is 0.